The lowest BCUT2D eigenvalue weighted by Gasteiger charge is -2.14. The second kappa shape index (κ2) is 5.28. The van der Waals surface area contributed by atoms with E-state index in [1.165, 1.54) is 11.3 Å². The number of anilines is 1. The van der Waals surface area contributed by atoms with E-state index in [0.717, 1.165) is 4.70 Å². The van der Waals surface area contributed by atoms with Crippen LogP contribution in [0.15, 0.2) is 17.6 Å². The fraction of sp³-hybridized carbons (Fsp3) is 0.385. The Bertz CT molecular complexity index is 715. The number of nitrogens with one attached hydrogen (secondary N) is 1. The number of benzene rings is 1. The third kappa shape index (κ3) is 2.54. The lowest BCUT2D eigenvalue weighted by atomic mass is 10.1. The Balaban J connectivity index is 1.89. The third-order valence-electron chi connectivity index (χ3n) is 3.80. The Morgan fingerprint density at radius 3 is 2.95 bits per heavy atom. The van der Waals surface area contributed by atoms with Crippen molar-refractivity contribution in [3.63, 3.8) is 0 Å². The molecule has 2 N–H and O–H groups in total. The van der Waals surface area contributed by atoms with Gasteiger partial charge in [-0.3, -0.25) is 14.9 Å². The zero-order valence-corrected chi connectivity index (χ0v) is 11.8. The van der Waals surface area contributed by atoms with Gasteiger partial charge in [-0.15, -0.1) is 11.3 Å². The summed E-state index contributed by atoms with van der Waals surface area (Å²) in [6.45, 7) is 0. The number of aromatic nitrogens is 1. The molecule has 1 aliphatic carbocycles. The van der Waals surface area contributed by atoms with E-state index in [1.807, 2.05) is 0 Å². The topological polar surface area (TPSA) is 105 Å². The summed E-state index contributed by atoms with van der Waals surface area (Å²) in [4.78, 5) is 25.9. The number of carboxylic acids is 1. The molecule has 0 bridgehead atoms. The van der Waals surface area contributed by atoms with Crippen molar-refractivity contribution in [3.05, 3.63) is 27.8 Å². The number of nitrogens with zero attached hydrogens (tertiary/aromatic N) is 2. The van der Waals surface area contributed by atoms with Crippen LogP contribution in [0, 0.1) is 16.0 Å². The molecule has 1 aromatic carbocycles. The molecular weight excluding hydrogens is 294 g/mol. The number of hydrogen-bond acceptors (Lipinski definition) is 6. The quantitative estimate of drug-likeness (QED) is 0.664. The number of nitro benzene ring substituents is 1. The van der Waals surface area contributed by atoms with Gasteiger partial charge in [-0.25, -0.2) is 4.98 Å². The standard InChI is InChI=1S/C13H13N3O4S/c17-13(18)7-1-2-8(5-7)15-9-3-4-10-11(14-6-21-10)12(9)16(19)20/h3-4,6-8,15H,1-2,5H2,(H,17,18). The van der Waals surface area contributed by atoms with Crippen LogP contribution in [-0.2, 0) is 4.79 Å². The number of thiazole rings is 1. The highest BCUT2D eigenvalue weighted by Gasteiger charge is 2.31. The SMILES string of the molecule is O=C(O)C1CCC(Nc2ccc3scnc3c2[N+](=O)[O-])C1. The Morgan fingerprint density at radius 1 is 1.48 bits per heavy atom. The Hall–Kier alpha value is -2.22. The van der Waals surface area contributed by atoms with Crippen LogP contribution in [0.25, 0.3) is 10.2 Å². The van der Waals surface area contributed by atoms with E-state index in [2.05, 4.69) is 10.3 Å². The first-order valence-electron chi connectivity index (χ1n) is 6.56. The Labute approximate surface area is 123 Å². The maximum atomic E-state index is 11.3. The number of nitro groups is 1. The molecule has 0 aliphatic heterocycles. The zero-order chi connectivity index (χ0) is 15.0. The van der Waals surface area contributed by atoms with Crippen LogP contribution < -0.4 is 5.32 Å². The van der Waals surface area contributed by atoms with Crippen LogP contribution in [0.5, 0.6) is 0 Å². The second-order valence-corrected chi connectivity index (χ2v) is 5.99. The van der Waals surface area contributed by atoms with E-state index in [9.17, 15) is 14.9 Å². The number of carboxylic acid groups (broad SMARTS) is 1. The van der Waals surface area contributed by atoms with Gasteiger partial charge in [0.1, 0.15) is 5.69 Å². The molecule has 7 nitrogen and oxygen atoms in total. The molecule has 1 heterocycles. The van der Waals surface area contributed by atoms with E-state index in [4.69, 9.17) is 5.11 Å². The fourth-order valence-corrected chi connectivity index (χ4v) is 3.45. The first kappa shape index (κ1) is 13.7. The molecule has 0 spiro atoms. The van der Waals surface area contributed by atoms with Gasteiger partial charge in [-0.05, 0) is 31.4 Å². The number of fused-ring (bicyclic) bond motifs is 1. The molecule has 1 fully saturated rings. The molecule has 1 saturated carbocycles. The molecule has 2 atom stereocenters. The van der Waals surface area contributed by atoms with Gasteiger partial charge in [0.2, 0.25) is 0 Å². The van der Waals surface area contributed by atoms with E-state index >= 15 is 0 Å². The van der Waals surface area contributed by atoms with Crippen molar-refractivity contribution < 1.29 is 14.8 Å². The number of rotatable bonds is 4. The summed E-state index contributed by atoms with van der Waals surface area (Å²) in [5, 5.41) is 23.4. The monoisotopic (exact) mass is 307 g/mol. The summed E-state index contributed by atoms with van der Waals surface area (Å²) in [5.74, 6) is -1.17. The summed E-state index contributed by atoms with van der Waals surface area (Å²) >= 11 is 1.35. The van der Waals surface area contributed by atoms with Gasteiger partial charge in [-0.1, -0.05) is 0 Å². The molecule has 110 valence electrons. The molecule has 0 radical (unpaired) electrons. The molecule has 0 saturated heterocycles. The first-order valence-corrected chi connectivity index (χ1v) is 7.44. The van der Waals surface area contributed by atoms with E-state index in [1.54, 1.807) is 17.6 Å². The number of hydrogen-bond donors (Lipinski definition) is 2. The second-order valence-electron chi connectivity index (χ2n) is 5.11. The highest BCUT2D eigenvalue weighted by atomic mass is 32.1. The van der Waals surface area contributed by atoms with Crippen molar-refractivity contribution in [1.29, 1.82) is 0 Å². The maximum Gasteiger partial charge on any atom is 0.319 e. The average molecular weight is 307 g/mol. The molecule has 1 aliphatic rings. The fourth-order valence-electron chi connectivity index (χ4n) is 2.77. The first-order chi connectivity index (χ1) is 10.1. The number of aliphatic carboxylic acids is 1. The highest BCUT2D eigenvalue weighted by molar-refractivity contribution is 7.16. The molecule has 2 aromatic rings. The Morgan fingerprint density at radius 2 is 2.29 bits per heavy atom. The van der Waals surface area contributed by atoms with Crippen LogP contribution in [0.4, 0.5) is 11.4 Å². The highest BCUT2D eigenvalue weighted by Crippen LogP contribution is 2.36. The van der Waals surface area contributed by atoms with E-state index < -0.39 is 10.9 Å². The lowest BCUT2D eigenvalue weighted by molar-refractivity contribution is -0.382. The van der Waals surface area contributed by atoms with Gasteiger partial charge in [-0.2, -0.15) is 0 Å². The largest absolute Gasteiger partial charge is 0.481 e. The van der Waals surface area contributed by atoms with Gasteiger partial charge >= 0.3 is 11.7 Å². The van der Waals surface area contributed by atoms with Crippen LogP contribution in [0.2, 0.25) is 0 Å². The third-order valence-corrected chi connectivity index (χ3v) is 4.59. The molecule has 1 aromatic heterocycles. The van der Waals surface area contributed by atoms with E-state index in [0.29, 0.717) is 30.5 Å². The van der Waals surface area contributed by atoms with Crippen molar-refractivity contribution in [2.45, 2.75) is 25.3 Å². The predicted molar refractivity (Wildman–Crippen MR) is 78.7 cm³/mol. The van der Waals surface area contributed by atoms with Crippen molar-refractivity contribution in [3.8, 4) is 0 Å². The minimum absolute atomic E-state index is 0.0347. The molecule has 2 unspecified atom stereocenters. The van der Waals surface area contributed by atoms with Crippen molar-refractivity contribution >= 4 is 38.9 Å². The summed E-state index contributed by atoms with van der Waals surface area (Å²) in [6, 6.07) is 3.42. The molecule has 21 heavy (non-hydrogen) atoms. The van der Waals surface area contributed by atoms with Gasteiger partial charge in [0, 0.05) is 6.04 Å². The minimum Gasteiger partial charge on any atom is -0.481 e. The van der Waals surface area contributed by atoms with Crippen molar-refractivity contribution in [2.24, 2.45) is 5.92 Å². The summed E-state index contributed by atoms with van der Waals surface area (Å²) < 4.78 is 0.766. The Kier molecular flexibility index (Phi) is 3.46. The molecule has 0 amide bonds. The summed E-state index contributed by atoms with van der Waals surface area (Å²) in [5.41, 5.74) is 2.34. The lowest BCUT2D eigenvalue weighted by Crippen LogP contribution is -2.18. The van der Waals surface area contributed by atoms with Crippen molar-refractivity contribution in [2.75, 3.05) is 5.32 Å². The van der Waals surface area contributed by atoms with Crippen LogP contribution in [0.1, 0.15) is 19.3 Å². The minimum atomic E-state index is -0.802. The smallest absolute Gasteiger partial charge is 0.319 e. The van der Waals surface area contributed by atoms with Gasteiger partial charge in [0.25, 0.3) is 0 Å². The zero-order valence-electron chi connectivity index (χ0n) is 11.0. The normalized spacial score (nSPS) is 21.5. The molecule has 8 heteroatoms. The van der Waals surface area contributed by atoms with Gasteiger partial charge < -0.3 is 10.4 Å². The van der Waals surface area contributed by atoms with Crippen LogP contribution in [-0.4, -0.2) is 27.0 Å². The summed E-state index contributed by atoms with van der Waals surface area (Å²) in [7, 11) is 0. The van der Waals surface area contributed by atoms with Crippen LogP contribution in [0.3, 0.4) is 0 Å². The maximum absolute atomic E-state index is 11.3. The average Bonchev–Trinajstić information content (AvgIpc) is 3.06. The number of carbonyl (C=O) groups is 1. The van der Waals surface area contributed by atoms with Crippen molar-refractivity contribution in [1.82, 2.24) is 4.98 Å². The van der Waals surface area contributed by atoms with E-state index in [-0.39, 0.29) is 17.6 Å². The van der Waals surface area contributed by atoms with Gasteiger partial charge in [0.15, 0.2) is 5.52 Å². The molecule has 3 rings (SSSR count). The van der Waals surface area contributed by atoms with Crippen LogP contribution >= 0.6 is 11.3 Å². The molecular formula is C13H13N3O4S. The summed E-state index contributed by atoms with van der Waals surface area (Å²) in [6.07, 6.45) is 1.78. The predicted octanol–water partition coefficient (Wildman–Crippen LogP) is 2.87. The van der Waals surface area contributed by atoms with Gasteiger partial charge in [0.05, 0.1) is 21.1 Å².